The maximum Gasteiger partial charge on any atom is 0.157 e. The van der Waals surface area contributed by atoms with Gasteiger partial charge in [0, 0.05) is 25.0 Å². The third kappa shape index (κ3) is 2.71. The number of ether oxygens (including phenoxy) is 1. The number of hydrogen-bond donors (Lipinski definition) is 1. The summed E-state index contributed by atoms with van der Waals surface area (Å²) >= 11 is 0. The molecule has 0 aliphatic heterocycles. The van der Waals surface area contributed by atoms with Crippen LogP contribution in [-0.2, 0) is 4.79 Å². The first-order valence-electron chi connectivity index (χ1n) is 6.78. The second kappa shape index (κ2) is 6.17. The second-order valence-corrected chi connectivity index (χ2v) is 4.53. The number of carbonyl (C=O) groups excluding carboxylic acids is 1. The molecule has 0 bridgehead atoms. The van der Waals surface area contributed by atoms with E-state index in [1.807, 2.05) is 18.2 Å². The van der Waals surface area contributed by atoms with Crippen LogP contribution in [0.15, 0.2) is 42.7 Å². The number of anilines is 1. The van der Waals surface area contributed by atoms with E-state index in [1.54, 1.807) is 31.6 Å². The van der Waals surface area contributed by atoms with Gasteiger partial charge in [0.25, 0.3) is 0 Å². The Bertz CT molecular complexity index is 803. The van der Waals surface area contributed by atoms with Crippen molar-refractivity contribution < 1.29 is 9.53 Å². The highest BCUT2D eigenvalue weighted by atomic mass is 16.5. The molecule has 0 amide bonds. The standard InChI is InChI=1S/C16H14N4O2/c1-17-16-15-14(18-6-7-19-15)10-13(20-16)11-2-4-12(5-3-11)22-9-8-21/h2-8,10H,9H2,1H3,(H,17,20). The SMILES string of the molecule is CNc1nc(-c2ccc(OCC=O)cc2)cc2nccnc12. The molecule has 3 aromatic rings. The molecule has 0 unspecified atom stereocenters. The number of carbonyl (C=O) groups is 1. The van der Waals surface area contributed by atoms with Crippen LogP contribution in [0.4, 0.5) is 5.82 Å². The van der Waals surface area contributed by atoms with Crippen molar-refractivity contribution in [3.05, 3.63) is 42.7 Å². The molecule has 0 saturated heterocycles. The molecule has 2 heterocycles. The number of fused-ring (bicyclic) bond motifs is 1. The Kier molecular flexibility index (Phi) is 3.91. The van der Waals surface area contributed by atoms with Gasteiger partial charge in [0.15, 0.2) is 12.1 Å². The van der Waals surface area contributed by atoms with Crippen LogP contribution < -0.4 is 10.1 Å². The molecule has 0 saturated carbocycles. The summed E-state index contributed by atoms with van der Waals surface area (Å²) < 4.78 is 5.24. The van der Waals surface area contributed by atoms with Gasteiger partial charge < -0.3 is 10.1 Å². The van der Waals surface area contributed by atoms with Gasteiger partial charge in [-0.3, -0.25) is 9.78 Å². The van der Waals surface area contributed by atoms with Crippen molar-refractivity contribution in [3.8, 4) is 17.0 Å². The normalized spacial score (nSPS) is 10.4. The average molecular weight is 294 g/mol. The van der Waals surface area contributed by atoms with Crippen LogP contribution in [0.3, 0.4) is 0 Å². The van der Waals surface area contributed by atoms with E-state index in [1.165, 1.54) is 0 Å². The van der Waals surface area contributed by atoms with Crippen LogP contribution in [0.25, 0.3) is 22.3 Å². The Morgan fingerprint density at radius 1 is 1.18 bits per heavy atom. The predicted octanol–water partition coefficient (Wildman–Crippen LogP) is 2.31. The van der Waals surface area contributed by atoms with E-state index in [2.05, 4.69) is 20.3 Å². The number of aldehydes is 1. The molecular weight excluding hydrogens is 280 g/mol. The molecule has 0 aliphatic carbocycles. The Morgan fingerprint density at radius 2 is 1.95 bits per heavy atom. The summed E-state index contributed by atoms with van der Waals surface area (Å²) in [6.45, 7) is 0.0487. The molecule has 3 rings (SSSR count). The fourth-order valence-corrected chi connectivity index (χ4v) is 2.15. The molecule has 0 atom stereocenters. The molecule has 22 heavy (non-hydrogen) atoms. The molecule has 0 fully saturated rings. The second-order valence-electron chi connectivity index (χ2n) is 4.53. The molecule has 1 N–H and O–H groups in total. The van der Waals surface area contributed by atoms with E-state index in [9.17, 15) is 4.79 Å². The highest BCUT2D eigenvalue weighted by molar-refractivity contribution is 5.88. The summed E-state index contributed by atoms with van der Waals surface area (Å²) in [7, 11) is 1.80. The minimum absolute atomic E-state index is 0.0487. The molecule has 6 nitrogen and oxygen atoms in total. The zero-order valence-electron chi connectivity index (χ0n) is 12.0. The summed E-state index contributed by atoms with van der Waals surface area (Å²) in [6, 6.07) is 9.29. The minimum Gasteiger partial charge on any atom is -0.486 e. The summed E-state index contributed by atoms with van der Waals surface area (Å²) in [5, 5.41) is 3.04. The molecule has 6 heteroatoms. The van der Waals surface area contributed by atoms with Crippen molar-refractivity contribution >= 4 is 23.1 Å². The van der Waals surface area contributed by atoms with Crippen molar-refractivity contribution in [1.82, 2.24) is 15.0 Å². The van der Waals surface area contributed by atoms with Crippen molar-refractivity contribution in [2.75, 3.05) is 19.0 Å². The van der Waals surface area contributed by atoms with Gasteiger partial charge in [-0.05, 0) is 30.3 Å². The Morgan fingerprint density at radius 3 is 2.68 bits per heavy atom. The van der Waals surface area contributed by atoms with Gasteiger partial charge in [0.05, 0.1) is 11.2 Å². The van der Waals surface area contributed by atoms with Gasteiger partial charge in [-0.1, -0.05) is 0 Å². The van der Waals surface area contributed by atoms with E-state index >= 15 is 0 Å². The summed E-state index contributed by atoms with van der Waals surface area (Å²) in [4.78, 5) is 23.5. The van der Waals surface area contributed by atoms with Crippen molar-refractivity contribution in [3.63, 3.8) is 0 Å². The van der Waals surface area contributed by atoms with Crippen molar-refractivity contribution in [1.29, 1.82) is 0 Å². The zero-order valence-corrected chi connectivity index (χ0v) is 12.0. The zero-order chi connectivity index (χ0) is 15.4. The highest BCUT2D eigenvalue weighted by Gasteiger charge is 2.08. The number of nitrogens with one attached hydrogen (secondary N) is 1. The molecule has 0 radical (unpaired) electrons. The molecule has 2 aromatic heterocycles. The number of nitrogens with zero attached hydrogens (tertiary/aromatic N) is 3. The summed E-state index contributed by atoms with van der Waals surface area (Å²) in [5.41, 5.74) is 3.24. The monoisotopic (exact) mass is 294 g/mol. The first-order chi connectivity index (χ1) is 10.8. The number of pyridine rings is 1. The molecule has 1 aromatic carbocycles. The number of hydrogen-bond acceptors (Lipinski definition) is 6. The largest absolute Gasteiger partial charge is 0.486 e. The van der Waals surface area contributed by atoms with E-state index < -0.39 is 0 Å². The molecule has 110 valence electrons. The highest BCUT2D eigenvalue weighted by Crippen LogP contribution is 2.26. The van der Waals surface area contributed by atoms with Crippen LogP contribution in [0, 0.1) is 0 Å². The lowest BCUT2D eigenvalue weighted by molar-refractivity contribution is -0.109. The number of benzene rings is 1. The Hall–Kier alpha value is -3.02. The van der Waals surface area contributed by atoms with Crippen molar-refractivity contribution in [2.24, 2.45) is 0 Å². The van der Waals surface area contributed by atoms with Crippen LogP contribution >= 0.6 is 0 Å². The van der Waals surface area contributed by atoms with Crippen LogP contribution in [0.1, 0.15) is 0 Å². The topological polar surface area (TPSA) is 77.0 Å². The minimum atomic E-state index is 0.0487. The third-order valence-corrected chi connectivity index (χ3v) is 3.16. The quantitative estimate of drug-likeness (QED) is 0.728. The van der Waals surface area contributed by atoms with Crippen molar-refractivity contribution in [2.45, 2.75) is 0 Å². The van der Waals surface area contributed by atoms with E-state index in [0.29, 0.717) is 11.6 Å². The lowest BCUT2D eigenvalue weighted by Crippen LogP contribution is -1.99. The average Bonchev–Trinajstić information content (AvgIpc) is 2.59. The predicted molar refractivity (Wildman–Crippen MR) is 83.9 cm³/mol. The fourth-order valence-electron chi connectivity index (χ4n) is 2.15. The molecule has 0 aliphatic rings. The van der Waals surface area contributed by atoms with Gasteiger partial charge in [-0.25, -0.2) is 9.97 Å². The Balaban J connectivity index is 2.00. The summed E-state index contributed by atoms with van der Waals surface area (Å²) in [6.07, 6.45) is 4.02. The number of aromatic nitrogens is 3. The number of rotatable bonds is 5. The smallest absolute Gasteiger partial charge is 0.157 e. The van der Waals surface area contributed by atoms with Gasteiger partial charge in [0.2, 0.25) is 0 Å². The van der Waals surface area contributed by atoms with Gasteiger partial charge >= 0.3 is 0 Å². The first kappa shape index (κ1) is 13.9. The first-order valence-corrected chi connectivity index (χ1v) is 6.78. The van der Waals surface area contributed by atoms with Gasteiger partial charge in [0.1, 0.15) is 17.9 Å². The van der Waals surface area contributed by atoms with Gasteiger partial charge in [-0.2, -0.15) is 0 Å². The maximum absolute atomic E-state index is 10.3. The molecule has 0 spiro atoms. The van der Waals surface area contributed by atoms with Gasteiger partial charge in [-0.15, -0.1) is 0 Å². The van der Waals surface area contributed by atoms with Crippen LogP contribution in [0.2, 0.25) is 0 Å². The lowest BCUT2D eigenvalue weighted by atomic mass is 10.1. The van der Waals surface area contributed by atoms with E-state index in [-0.39, 0.29) is 6.61 Å². The Labute approximate surface area is 127 Å². The van der Waals surface area contributed by atoms with Crippen LogP contribution in [-0.4, -0.2) is 34.9 Å². The summed E-state index contributed by atoms with van der Waals surface area (Å²) in [5.74, 6) is 1.33. The van der Waals surface area contributed by atoms with E-state index in [4.69, 9.17) is 4.74 Å². The molecular formula is C16H14N4O2. The fraction of sp³-hybridized carbons (Fsp3) is 0.125. The third-order valence-electron chi connectivity index (χ3n) is 3.16. The van der Waals surface area contributed by atoms with Crippen LogP contribution in [0.5, 0.6) is 5.75 Å². The van der Waals surface area contributed by atoms with E-state index in [0.717, 1.165) is 28.6 Å². The lowest BCUT2D eigenvalue weighted by Gasteiger charge is -2.08. The maximum atomic E-state index is 10.3.